The van der Waals surface area contributed by atoms with Gasteiger partial charge in [0.25, 0.3) is 0 Å². The van der Waals surface area contributed by atoms with E-state index < -0.39 is 0 Å². The molecular weight excluding hydrogens is 236 g/mol. The van der Waals surface area contributed by atoms with Gasteiger partial charge in [-0.1, -0.05) is 71.1 Å². The average molecular weight is 268 g/mol. The Balaban J connectivity index is 1.87. The second-order valence-electron chi connectivity index (χ2n) is 6.03. The van der Waals surface area contributed by atoms with Crippen LogP contribution in [0, 0.1) is 5.92 Å². The molecule has 1 rings (SSSR count). The molecule has 0 spiro atoms. The van der Waals surface area contributed by atoms with Crippen molar-refractivity contribution < 1.29 is 9.53 Å². The van der Waals surface area contributed by atoms with Crippen LogP contribution in [0.3, 0.4) is 0 Å². The van der Waals surface area contributed by atoms with Crippen LogP contribution in [0.2, 0.25) is 0 Å². The van der Waals surface area contributed by atoms with Gasteiger partial charge in [0.1, 0.15) is 0 Å². The van der Waals surface area contributed by atoms with Gasteiger partial charge in [-0.25, -0.2) is 0 Å². The van der Waals surface area contributed by atoms with Crippen LogP contribution in [-0.4, -0.2) is 12.6 Å². The number of hydrogen-bond acceptors (Lipinski definition) is 2. The van der Waals surface area contributed by atoms with Crippen molar-refractivity contribution >= 4 is 5.97 Å². The molecule has 112 valence electrons. The van der Waals surface area contributed by atoms with Crippen molar-refractivity contribution in [3.05, 3.63) is 0 Å². The van der Waals surface area contributed by atoms with Crippen molar-refractivity contribution in [2.75, 3.05) is 6.61 Å². The van der Waals surface area contributed by atoms with E-state index in [-0.39, 0.29) is 5.97 Å². The Kier molecular flexibility index (Phi) is 9.84. The lowest BCUT2D eigenvalue weighted by atomic mass is 9.87. The second-order valence-corrected chi connectivity index (χ2v) is 6.03. The van der Waals surface area contributed by atoms with Gasteiger partial charge < -0.3 is 4.74 Å². The lowest BCUT2D eigenvalue weighted by Crippen LogP contribution is -2.12. The first-order chi connectivity index (χ1) is 9.33. The number of carbonyl (C=O) groups excluding carboxylic acids is 1. The smallest absolute Gasteiger partial charge is 0.305 e. The molecule has 0 saturated heterocycles. The molecule has 0 bridgehead atoms. The van der Waals surface area contributed by atoms with Gasteiger partial charge in [0.2, 0.25) is 0 Å². The highest BCUT2D eigenvalue weighted by Gasteiger charge is 2.13. The molecule has 0 aromatic heterocycles. The largest absolute Gasteiger partial charge is 0.466 e. The van der Waals surface area contributed by atoms with Crippen LogP contribution in [0.25, 0.3) is 0 Å². The number of ether oxygens (including phenoxy) is 1. The molecule has 0 atom stereocenters. The molecule has 1 aliphatic rings. The normalized spacial score (nSPS) is 16.5. The minimum Gasteiger partial charge on any atom is -0.466 e. The monoisotopic (exact) mass is 268 g/mol. The fourth-order valence-corrected chi connectivity index (χ4v) is 2.94. The molecule has 1 aliphatic carbocycles. The highest BCUT2D eigenvalue weighted by Crippen LogP contribution is 2.26. The number of unbranched alkanes of at least 4 members (excludes halogenated alkanes) is 5. The molecule has 0 radical (unpaired) electrons. The van der Waals surface area contributed by atoms with E-state index in [4.69, 9.17) is 4.74 Å². The maximum absolute atomic E-state index is 11.6. The highest BCUT2D eigenvalue weighted by molar-refractivity contribution is 5.69. The van der Waals surface area contributed by atoms with E-state index >= 15 is 0 Å². The fraction of sp³-hybridized carbons (Fsp3) is 0.941. The fourth-order valence-electron chi connectivity index (χ4n) is 2.94. The van der Waals surface area contributed by atoms with Gasteiger partial charge >= 0.3 is 5.97 Å². The van der Waals surface area contributed by atoms with Crippen LogP contribution >= 0.6 is 0 Å². The van der Waals surface area contributed by atoms with E-state index in [1.54, 1.807) is 0 Å². The summed E-state index contributed by atoms with van der Waals surface area (Å²) in [5.41, 5.74) is 0. The maximum atomic E-state index is 11.6. The van der Waals surface area contributed by atoms with Crippen LogP contribution < -0.4 is 0 Å². The van der Waals surface area contributed by atoms with Crippen LogP contribution in [0.1, 0.15) is 90.4 Å². The Hall–Kier alpha value is -0.530. The Morgan fingerprint density at radius 1 is 1.00 bits per heavy atom. The van der Waals surface area contributed by atoms with Gasteiger partial charge in [0.15, 0.2) is 0 Å². The number of carbonyl (C=O) groups is 1. The molecule has 0 amide bonds. The van der Waals surface area contributed by atoms with Gasteiger partial charge in [-0.3, -0.25) is 4.79 Å². The van der Waals surface area contributed by atoms with Gasteiger partial charge in [0, 0.05) is 6.42 Å². The zero-order valence-electron chi connectivity index (χ0n) is 12.8. The summed E-state index contributed by atoms with van der Waals surface area (Å²) in [6.45, 7) is 2.88. The number of esters is 1. The van der Waals surface area contributed by atoms with Gasteiger partial charge in [0.05, 0.1) is 6.61 Å². The van der Waals surface area contributed by atoms with Crippen molar-refractivity contribution in [2.24, 2.45) is 5.92 Å². The topological polar surface area (TPSA) is 26.3 Å². The Labute approximate surface area is 119 Å². The average Bonchev–Trinajstić information content (AvgIpc) is 2.44. The third kappa shape index (κ3) is 9.07. The van der Waals surface area contributed by atoms with E-state index in [1.807, 2.05) is 0 Å². The summed E-state index contributed by atoms with van der Waals surface area (Å²) < 4.78 is 5.33. The van der Waals surface area contributed by atoms with Gasteiger partial charge in [-0.15, -0.1) is 0 Å². The van der Waals surface area contributed by atoms with E-state index in [9.17, 15) is 4.79 Å². The quantitative estimate of drug-likeness (QED) is 0.399. The Morgan fingerprint density at radius 3 is 2.42 bits per heavy atom. The summed E-state index contributed by atoms with van der Waals surface area (Å²) >= 11 is 0. The first kappa shape index (κ1) is 16.5. The van der Waals surface area contributed by atoms with Crippen LogP contribution in [0.5, 0.6) is 0 Å². The minimum absolute atomic E-state index is 0.0197. The first-order valence-corrected chi connectivity index (χ1v) is 8.48. The molecule has 1 fully saturated rings. The van der Waals surface area contributed by atoms with Gasteiger partial charge in [-0.05, 0) is 18.8 Å². The molecular formula is C17H32O2. The Bertz CT molecular complexity index is 219. The first-order valence-electron chi connectivity index (χ1n) is 8.48. The molecule has 0 unspecified atom stereocenters. The van der Waals surface area contributed by atoms with Crippen molar-refractivity contribution in [3.8, 4) is 0 Å². The summed E-state index contributed by atoms with van der Waals surface area (Å²) in [6, 6.07) is 0. The van der Waals surface area contributed by atoms with E-state index in [0.29, 0.717) is 13.0 Å². The van der Waals surface area contributed by atoms with Crippen LogP contribution in [0.4, 0.5) is 0 Å². The molecule has 0 aromatic carbocycles. The second kappa shape index (κ2) is 11.3. The minimum atomic E-state index is 0.0197. The van der Waals surface area contributed by atoms with Gasteiger partial charge in [-0.2, -0.15) is 0 Å². The molecule has 2 nitrogen and oxygen atoms in total. The maximum Gasteiger partial charge on any atom is 0.305 e. The summed E-state index contributed by atoms with van der Waals surface area (Å²) in [7, 11) is 0. The molecule has 0 heterocycles. The standard InChI is InChI=1S/C17H32O2/c1-2-3-4-5-6-10-13-17(18)19-15-14-16-11-8-7-9-12-16/h16H,2-15H2,1H3. The van der Waals surface area contributed by atoms with Crippen molar-refractivity contribution in [2.45, 2.75) is 90.4 Å². The summed E-state index contributed by atoms with van der Waals surface area (Å²) in [5, 5.41) is 0. The zero-order valence-corrected chi connectivity index (χ0v) is 12.8. The SMILES string of the molecule is CCCCCCCCC(=O)OCCC1CCCCC1. The predicted molar refractivity (Wildman–Crippen MR) is 80.1 cm³/mol. The predicted octanol–water partition coefficient (Wildman–Crippen LogP) is 5.25. The Morgan fingerprint density at radius 2 is 1.68 bits per heavy atom. The summed E-state index contributed by atoms with van der Waals surface area (Å²) in [4.78, 5) is 11.6. The summed E-state index contributed by atoms with van der Waals surface area (Å²) in [5.74, 6) is 0.835. The molecule has 0 N–H and O–H groups in total. The number of rotatable bonds is 10. The lowest BCUT2D eigenvalue weighted by Gasteiger charge is -2.21. The lowest BCUT2D eigenvalue weighted by molar-refractivity contribution is -0.144. The molecule has 19 heavy (non-hydrogen) atoms. The van der Waals surface area contributed by atoms with E-state index in [1.165, 1.54) is 64.2 Å². The number of hydrogen-bond donors (Lipinski definition) is 0. The molecule has 0 aliphatic heterocycles. The van der Waals surface area contributed by atoms with Crippen molar-refractivity contribution in [1.29, 1.82) is 0 Å². The van der Waals surface area contributed by atoms with Crippen LogP contribution in [0.15, 0.2) is 0 Å². The molecule has 1 saturated carbocycles. The summed E-state index contributed by atoms with van der Waals surface area (Å²) in [6.07, 6.45) is 15.9. The zero-order chi connectivity index (χ0) is 13.8. The van der Waals surface area contributed by atoms with E-state index in [2.05, 4.69) is 6.92 Å². The highest BCUT2D eigenvalue weighted by atomic mass is 16.5. The van der Waals surface area contributed by atoms with E-state index in [0.717, 1.165) is 18.8 Å². The molecule has 2 heteroatoms. The third-order valence-corrected chi connectivity index (χ3v) is 4.25. The van der Waals surface area contributed by atoms with Crippen molar-refractivity contribution in [3.63, 3.8) is 0 Å². The molecule has 0 aromatic rings. The van der Waals surface area contributed by atoms with Crippen LogP contribution in [-0.2, 0) is 9.53 Å². The van der Waals surface area contributed by atoms with Crippen molar-refractivity contribution in [1.82, 2.24) is 0 Å². The third-order valence-electron chi connectivity index (χ3n) is 4.25.